The number of amides is 2. The largest absolute Gasteiger partial charge is 0.496 e. The molecule has 0 spiro atoms. The Labute approximate surface area is 160 Å². The van der Waals surface area contributed by atoms with Crippen LogP contribution in [0.3, 0.4) is 0 Å². The quantitative estimate of drug-likeness (QED) is 0.812. The number of nitrogens with zero attached hydrogens (tertiary/aromatic N) is 1. The fourth-order valence-electron chi connectivity index (χ4n) is 3.53. The molecule has 2 aromatic rings. The molecule has 5 nitrogen and oxygen atoms in total. The lowest BCUT2D eigenvalue weighted by atomic mass is 10.0. The molecule has 2 amide bonds. The van der Waals surface area contributed by atoms with E-state index in [1.54, 1.807) is 12.0 Å². The zero-order valence-corrected chi connectivity index (χ0v) is 16.1. The number of hydrogen-bond donors (Lipinski definition) is 1. The molecule has 0 saturated heterocycles. The second-order valence-electron chi connectivity index (χ2n) is 6.87. The Hall–Kier alpha value is -2.82. The molecule has 0 aromatic heterocycles. The summed E-state index contributed by atoms with van der Waals surface area (Å²) in [7, 11) is 1.62. The third kappa shape index (κ3) is 3.97. The summed E-state index contributed by atoms with van der Waals surface area (Å²) in [6, 6.07) is 13.2. The molecule has 5 heteroatoms. The number of hydrogen-bond acceptors (Lipinski definition) is 3. The lowest BCUT2D eigenvalue weighted by Gasteiger charge is -2.19. The molecular formula is C22H26N2O3. The molecule has 0 fully saturated rings. The Morgan fingerprint density at radius 2 is 2.00 bits per heavy atom. The monoisotopic (exact) mass is 366 g/mol. The van der Waals surface area contributed by atoms with Gasteiger partial charge in [0.2, 0.25) is 5.91 Å². The van der Waals surface area contributed by atoms with Gasteiger partial charge in [-0.05, 0) is 30.5 Å². The fraction of sp³-hybridized carbons (Fsp3) is 0.364. The fourth-order valence-corrected chi connectivity index (χ4v) is 3.53. The molecule has 142 valence electrons. The number of benzene rings is 2. The molecule has 2 aromatic carbocycles. The Balaban J connectivity index is 1.96. The number of nitrogens with one attached hydrogen (secondary N) is 1. The first-order valence-electron chi connectivity index (χ1n) is 9.38. The minimum absolute atomic E-state index is 0.112. The van der Waals surface area contributed by atoms with Gasteiger partial charge < -0.3 is 15.0 Å². The summed E-state index contributed by atoms with van der Waals surface area (Å²) in [5.74, 6) is 0.422. The van der Waals surface area contributed by atoms with Gasteiger partial charge in [-0.25, -0.2) is 0 Å². The molecule has 1 aliphatic heterocycles. The van der Waals surface area contributed by atoms with Crippen LogP contribution >= 0.6 is 0 Å². The first kappa shape index (κ1) is 19.0. The molecule has 0 aliphatic carbocycles. The SMILES string of the molecule is CCCCc1ccc2c(c1)C(NC(C)=O)C(=O)N2Cc1ccccc1OC. The average Bonchev–Trinajstić information content (AvgIpc) is 2.91. The highest BCUT2D eigenvalue weighted by molar-refractivity contribution is 6.06. The highest BCUT2D eigenvalue weighted by Crippen LogP contribution is 2.38. The maximum atomic E-state index is 13.1. The van der Waals surface area contributed by atoms with Crippen LogP contribution in [0, 0.1) is 0 Å². The number of ether oxygens (including phenoxy) is 1. The van der Waals surface area contributed by atoms with E-state index in [1.807, 2.05) is 30.3 Å². The van der Waals surface area contributed by atoms with Crippen molar-refractivity contribution in [1.29, 1.82) is 0 Å². The predicted octanol–water partition coefficient (Wildman–Crippen LogP) is 3.76. The Morgan fingerprint density at radius 3 is 2.70 bits per heavy atom. The average molecular weight is 366 g/mol. The number of carbonyl (C=O) groups excluding carboxylic acids is 2. The van der Waals surface area contributed by atoms with Crippen LogP contribution in [0.4, 0.5) is 5.69 Å². The molecule has 1 unspecified atom stereocenters. The van der Waals surface area contributed by atoms with Crippen molar-refractivity contribution in [2.75, 3.05) is 12.0 Å². The van der Waals surface area contributed by atoms with E-state index in [4.69, 9.17) is 4.74 Å². The van der Waals surface area contributed by atoms with Gasteiger partial charge in [0.1, 0.15) is 11.8 Å². The molecule has 1 N–H and O–H groups in total. The van der Waals surface area contributed by atoms with Gasteiger partial charge in [-0.2, -0.15) is 0 Å². The Bertz CT molecular complexity index is 847. The molecule has 3 rings (SSSR count). The molecule has 1 atom stereocenters. The molecule has 1 heterocycles. The van der Waals surface area contributed by atoms with Gasteiger partial charge >= 0.3 is 0 Å². The van der Waals surface area contributed by atoms with Crippen LogP contribution in [-0.2, 0) is 22.6 Å². The number of carbonyl (C=O) groups is 2. The van der Waals surface area contributed by atoms with E-state index >= 15 is 0 Å². The van der Waals surface area contributed by atoms with E-state index < -0.39 is 6.04 Å². The van der Waals surface area contributed by atoms with Gasteiger partial charge in [0.15, 0.2) is 0 Å². The van der Waals surface area contributed by atoms with Crippen molar-refractivity contribution in [3.05, 3.63) is 59.2 Å². The van der Waals surface area contributed by atoms with Crippen LogP contribution in [0.1, 0.15) is 49.4 Å². The number of aryl methyl sites for hydroxylation is 1. The second-order valence-corrected chi connectivity index (χ2v) is 6.87. The number of fused-ring (bicyclic) bond motifs is 1. The van der Waals surface area contributed by atoms with Crippen molar-refractivity contribution < 1.29 is 14.3 Å². The number of rotatable bonds is 7. The standard InChI is InChI=1S/C22H26N2O3/c1-4-5-8-16-11-12-19-18(13-16)21(23-15(2)25)22(26)24(19)14-17-9-6-7-10-20(17)27-3/h6-7,9-13,21H,4-5,8,14H2,1-3H3,(H,23,25). The van der Waals surface area contributed by atoms with Crippen LogP contribution < -0.4 is 15.0 Å². The topological polar surface area (TPSA) is 58.6 Å². The number of unbranched alkanes of at least 4 members (excludes halogenated alkanes) is 1. The molecule has 0 saturated carbocycles. The van der Waals surface area contributed by atoms with E-state index in [0.29, 0.717) is 6.54 Å². The highest BCUT2D eigenvalue weighted by Gasteiger charge is 2.38. The molecule has 0 radical (unpaired) electrons. The molecule has 1 aliphatic rings. The van der Waals surface area contributed by atoms with Crippen LogP contribution in [0.15, 0.2) is 42.5 Å². The minimum atomic E-state index is -0.631. The third-order valence-electron chi connectivity index (χ3n) is 4.89. The van der Waals surface area contributed by atoms with Gasteiger partial charge in [-0.1, -0.05) is 43.7 Å². The molecule has 0 bridgehead atoms. The first-order valence-corrected chi connectivity index (χ1v) is 9.38. The van der Waals surface area contributed by atoms with Gasteiger partial charge in [-0.15, -0.1) is 0 Å². The van der Waals surface area contributed by atoms with E-state index in [-0.39, 0.29) is 11.8 Å². The number of para-hydroxylation sites is 1. The van der Waals surface area contributed by atoms with Gasteiger partial charge in [0, 0.05) is 23.7 Å². The second kappa shape index (κ2) is 8.25. The van der Waals surface area contributed by atoms with Crippen molar-refractivity contribution in [1.82, 2.24) is 5.32 Å². The Morgan fingerprint density at radius 1 is 1.22 bits per heavy atom. The summed E-state index contributed by atoms with van der Waals surface area (Å²) in [4.78, 5) is 26.5. The van der Waals surface area contributed by atoms with E-state index in [2.05, 4.69) is 24.4 Å². The summed E-state index contributed by atoms with van der Waals surface area (Å²) in [5, 5.41) is 2.81. The van der Waals surface area contributed by atoms with Crippen molar-refractivity contribution >= 4 is 17.5 Å². The van der Waals surface area contributed by atoms with Gasteiger partial charge in [-0.3, -0.25) is 9.59 Å². The molecule has 27 heavy (non-hydrogen) atoms. The van der Waals surface area contributed by atoms with E-state index in [9.17, 15) is 9.59 Å². The lowest BCUT2D eigenvalue weighted by Crippen LogP contribution is -2.36. The number of methoxy groups -OCH3 is 1. The summed E-state index contributed by atoms with van der Waals surface area (Å²) < 4.78 is 5.43. The van der Waals surface area contributed by atoms with Crippen molar-refractivity contribution in [2.45, 2.75) is 45.7 Å². The first-order chi connectivity index (χ1) is 13.0. The Kier molecular flexibility index (Phi) is 5.79. The minimum Gasteiger partial charge on any atom is -0.496 e. The van der Waals surface area contributed by atoms with Crippen LogP contribution in [-0.4, -0.2) is 18.9 Å². The normalized spacial score (nSPS) is 15.6. The van der Waals surface area contributed by atoms with Crippen LogP contribution in [0.5, 0.6) is 5.75 Å². The maximum absolute atomic E-state index is 13.1. The van der Waals surface area contributed by atoms with E-state index in [0.717, 1.165) is 41.8 Å². The highest BCUT2D eigenvalue weighted by atomic mass is 16.5. The zero-order chi connectivity index (χ0) is 19.4. The summed E-state index contributed by atoms with van der Waals surface area (Å²) in [5.41, 5.74) is 3.85. The summed E-state index contributed by atoms with van der Waals surface area (Å²) >= 11 is 0. The van der Waals surface area contributed by atoms with Gasteiger partial charge in [0.05, 0.1) is 13.7 Å². The van der Waals surface area contributed by atoms with Crippen molar-refractivity contribution in [3.63, 3.8) is 0 Å². The smallest absolute Gasteiger partial charge is 0.254 e. The lowest BCUT2D eigenvalue weighted by molar-refractivity contribution is -0.126. The van der Waals surface area contributed by atoms with Crippen LogP contribution in [0.2, 0.25) is 0 Å². The zero-order valence-electron chi connectivity index (χ0n) is 16.1. The maximum Gasteiger partial charge on any atom is 0.254 e. The van der Waals surface area contributed by atoms with Crippen LogP contribution in [0.25, 0.3) is 0 Å². The summed E-state index contributed by atoms with van der Waals surface area (Å²) in [6.07, 6.45) is 3.19. The van der Waals surface area contributed by atoms with E-state index in [1.165, 1.54) is 12.5 Å². The summed E-state index contributed by atoms with van der Waals surface area (Å²) in [6.45, 7) is 4.00. The third-order valence-corrected chi connectivity index (χ3v) is 4.89. The number of anilines is 1. The van der Waals surface area contributed by atoms with Crippen molar-refractivity contribution in [2.24, 2.45) is 0 Å². The predicted molar refractivity (Wildman–Crippen MR) is 106 cm³/mol. The van der Waals surface area contributed by atoms with Gasteiger partial charge in [0.25, 0.3) is 5.91 Å². The van der Waals surface area contributed by atoms with Crippen molar-refractivity contribution in [3.8, 4) is 5.75 Å². The molecular weight excluding hydrogens is 340 g/mol.